The first-order valence-corrected chi connectivity index (χ1v) is 8.58. The molecule has 2 aromatic carbocycles. The number of allylic oxidation sites excluding steroid dienone is 1. The van der Waals surface area contributed by atoms with Crippen LogP contribution in [0, 0.1) is 11.3 Å². The van der Waals surface area contributed by atoms with Crippen LogP contribution in [0.15, 0.2) is 47.3 Å². The molecule has 27 heavy (non-hydrogen) atoms. The summed E-state index contributed by atoms with van der Waals surface area (Å²) in [5, 5.41) is 10.0. The molecule has 0 unspecified atom stereocenters. The van der Waals surface area contributed by atoms with Gasteiger partial charge < -0.3 is 14.5 Å². The van der Waals surface area contributed by atoms with E-state index in [-0.39, 0.29) is 17.0 Å². The zero-order chi connectivity index (χ0) is 19.2. The number of hydrogen-bond donors (Lipinski definition) is 1. The van der Waals surface area contributed by atoms with Gasteiger partial charge in [-0.3, -0.25) is 4.79 Å². The number of para-hydroxylation sites is 1. The summed E-state index contributed by atoms with van der Waals surface area (Å²) >= 11 is 0. The van der Waals surface area contributed by atoms with E-state index in [0.717, 1.165) is 12.0 Å². The van der Waals surface area contributed by atoms with Gasteiger partial charge in [0.05, 0.1) is 30.2 Å². The molecule has 0 amide bonds. The molecule has 6 nitrogen and oxygen atoms in total. The lowest BCUT2D eigenvalue weighted by Crippen LogP contribution is -2.11. The lowest BCUT2D eigenvalue weighted by atomic mass is 10.1. The Kier molecular flexibility index (Phi) is 5.53. The van der Waals surface area contributed by atoms with Crippen molar-refractivity contribution in [3.05, 3.63) is 64.2 Å². The summed E-state index contributed by atoms with van der Waals surface area (Å²) in [6, 6.07) is 14.5. The SMILES string of the molecule is CCCOc1ccc(/C=C(/C#N)c2nc3ccccc3c(=O)[nH]2)cc1OC. The molecule has 0 aliphatic heterocycles. The van der Waals surface area contributed by atoms with Crippen molar-refractivity contribution >= 4 is 22.6 Å². The number of nitrogens with zero attached hydrogens (tertiary/aromatic N) is 2. The number of aromatic nitrogens is 2. The van der Waals surface area contributed by atoms with Crippen LogP contribution in [0.5, 0.6) is 11.5 Å². The molecule has 0 spiro atoms. The second kappa shape index (κ2) is 8.19. The van der Waals surface area contributed by atoms with Gasteiger partial charge in [-0.25, -0.2) is 4.98 Å². The molecular weight excluding hydrogens is 342 g/mol. The molecule has 1 heterocycles. The number of H-pyrrole nitrogens is 1. The average molecular weight is 361 g/mol. The van der Waals surface area contributed by atoms with Gasteiger partial charge in [-0.05, 0) is 42.3 Å². The molecule has 3 aromatic rings. The molecule has 3 rings (SSSR count). The van der Waals surface area contributed by atoms with Crippen LogP contribution in [-0.2, 0) is 0 Å². The van der Waals surface area contributed by atoms with Crippen LogP contribution in [-0.4, -0.2) is 23.7 Å². The van der Waals surface area contributed by atoms with Gasteiger partial charge in [0.1, 0.15) is 6.07 Å². The molecule has 1 aromatic heterocycles. The molecule has 0 fully saturated rings. The van der Waals surface area contributed by atoms with Crippen LogP contribution in [0.4, 0.5) is 0 Å². The Hall–Kier alpha value is -3.59. The summed E-state index contributed by atoms with van der Waals surface area (Å²) in [5.74, 6) is 1.45. The lowest BCUT2D eigenvalue weighted by Gasteiger charge is -2.10. The highest BCUT2D eigenvalue weighted by molar-refractivity contribution is 5.89. The maximum absolute atomic E-state index is 12.2. The average Bonchev–Trinajstić information content (AvgIpc) is 2.70. The summed E-state index contributed by atoms with van der Waals surface area (Å²) in [4.78, 5) is 19.3. The maximum atomic E-state index is 12.2. The van der Waals surface area contributed by atoms with Crippen molar-refractivity contribution in [1.29, 1.82) is 5.26 Å². The maximum Gasteiger partial charge on any atom is 0.259 e. The van der Waals surface area contributed by atoms with Crippen LogP contribution in [0.3, 0.4) is 0 Å². The molecule has 0 saturated heterocycles. The van der Waals surface area contributed by atoms with E-state index in [0.29, 0.717) is 29.0 Å². The molecule has 0 aliphatic rings. The fourth-order valence-corrected chi connectivity index (χ4v) is 2.64. The minimum Gasteiger partial charge on any atom is -0.493 e. The molecule has 6 heteroatoms. The van der Waals surface area contributed by atoms with Crippen LogP contribution in [0.25, 0.3) is 22.6 Å². The van der Waals surface area contributed by atoms with E-state index in [2.05, 4.69) is 16.0 Å². The topological polar surface area (TPSA) is 88.0 Å². The van der Waals surface area contributed by atoms with Crippen molar-refractivity contribution in [1.82, 2.24) is 9.97 Å². The number of hydrogen-bond acceptors (Lipinski definition) is 5. The molecule has 0 bridgehead atoms. The molecule has 0 aliphatic carbocycles. The predicted molar refractivity (Wildman–Crippen MR) is 105 cm³/mol. The molecule has 136 valence electrons. The van der Waals surface area contributed by atoms with E-state index >= 15 is 0 Å². The van der Waals surface area contributed by atoms with Crippen molar-refractivity contribution in [2.45, 2.75) is 13.3 Å². The Balaban J connectivity index is 2.02. The van der Waals surface area contributed by atoms with Gasteiger partial charge in [0, 0.05) is 0 Å². The second-order valence-electron chi connectivity index (χ2n) is 5.86. The number of aromatic amines is 1. The second-order valence-corrected chi connectivity index (χ2v) is 5.86. The first-order valence-electron chi connectivity index (χ1n) is 8.58. The Bertz CT molecular complexity index is 1090. The monoisotopic (exact) mass is 361 g/mol. The fraction of sp³-hybridized carbons (Fsp3) is 0.190. The minimum atomic E-state index is -0.280. The van der Waals surface area contributed by atoms with Crippen molar-refractivity contribution in [3.63, 3.8) is 0 Å². The van der Waals surface area contributed by atoms with Gasteiger partial charge in [0.25, 0.3) is 5.56 Å². The molecule has 0 radical (unpaired) electrons. The third-order valence-corrected chi connectivity index (χ3v) is 3.95. The van der Waals surface area contributed by atoms with Crippen molar-refractivity contribution in [2.75, 3.05) is 13.7 Å². The Morgan fingerprint density at radius 3 is 2.81 bits per heavy atom. The zero-order valence-electron chi connectivity index (χ0n) is 15.2. The number of rotatable bonds is 6. The number of nitrogens with one attached hydrogen (secondary N) is 1. The van der Waals surface area contributed by atoms with Gasteiger partial charge >= 0.3 is 0 Å². The van der Waals surface area contributed by atoms with E-state index in [1.54, 1.807) is 49.6 Å². The summed E-state index contributed by atoms with van der Waals surface area (Å²) < 4.78 is 11.0. The third kappa shape index (κ3) is 3.98. The third-order valence-electron chi connectivity index (χ3n) is 3.95. The van der Waals surface area contributed by atoms with Crippen molar-refractivity contribution in [2.24, 2.45) is 0 Å². The van der Waals surface area contributed by atoms with E-state index < -0.39 is 0 Å². The first kappa shape index (κ1) is 18.2. The number of benzene rings is 2. The summed E-state index contributed by atoms with van der Waals surface area (Å²) in [6.07, 6.45) is 2.55. The number of ether oxygens (including phenoxy) is 2. The molecule has 1 N–H and O–H groups in total. The van der Waals surface area contributed by atoms with Crippen LogP contribution in [0.1, 0.15) is 24.7 Å². The van der Waals surface area contributed by atoms with Gasteiger partial charge in [-0.15, -0.1) is 0 Å². The van der Waals surface area contributed by atoms with Crippen LogP contribution >= 0.6 is 0 Å². The van der Waals surface area contributed by atoms with Crippen molar-refractivity contribution < 1.29 is 9.47 Å². The van der Waals surface area contributed by atoms with Gasteiger partial charge in [-0.2, -0.15) is 5.26 Å². The lowest BCUT2D eigenvalue weighted by molar-refractivity contribution is 0.294. The van der Waals surface area contributed by atoms with Gasteiger partial charge in [-0.1, -0.05) is 25.1 Å². The van der Waals surface area contributed by atoms with Crippen LogP contribution < -0.4 is 15.0 Å². The molecular formula is C21H19N3O3. The minimum absolute atomic E-state index is 0.228. The van der Waals surface area contributed by atoms with E-state index in [4.69, 9.17) is 9.47 Å². The quantitative estimate of drug-likeness (QED) is 0.675. The van der Waals surface area contributed by atoms with E-state index in [1.165, 1.54) is 0 Å². The normalized spacial score (nSPS) is 11.2. The highest BCUT2D eigenvalue weighted by atomic mass is 16.5. The first-order chi connectivity index (χ1) is 13.2. The molecule has 0 atom stereocenters. The number of fused-ring (bicyclic) bond motifs is 1. The summed E-state index contributed by atoms with van der Waals surface area (Å²) in [6.45, 7) is 2.62. The smallest absolute Gasteiger partial charge is 0.259 e. The Morgan fingerprint density at radius 2 is 2.07 bits per heavy atom. The largest absolute Gasteiger partial charge is 0.493 e. The number of nitriles is 1. The predicted octanol–water partition coefficient (Wildman–Crippen LogP) is 3.78. The van der Waals surface area contributed by atoms with E-state index in [1.807, 2.05) is 13.0 Å². The van der Waals surface area contributed by atoms with Crippen LogP contribution in [0.2, 0.25) is 0 Å². The zero-order valence-corrected chi connectivity index (χ0v) is 15.2. The summed E-state index contributed by atoms with van der Waals surface area (Å²) in [7, 11) is 1.56. The summed E-state index contributed by atoms with van der Waals surface area (Å²) in [5.41, 5.74) is 1.25. The Labute approximate surface area is 156 Å². The standard InChI is InChI=1S/C21H19N3O3/c1-3-10-27-18-9-8-14(12-19(18)26-2)11-15(13-22)20-23-17-7-5-4-6-16(17)21(25)24-20/h4-9,11-12H,3,10H2,1-2H3,(H,23,24,25)/b15-11-. The van der Waals surface area contributed by atoms with Crippen molar-refractivity contribution in [3.8, 4) is 17.6 Å². The molecule has 0 saturated carbocycles. The van der Waals surface area contributed by atoms with Gasteiger partial charge in [0.2, 0.25) is 0 Å². The van der Waals surface area contributed by atoms with E-state index in [9.17, 15) is 10.1 Å². The van der Waals surface area contributed by atoms with Gasteiger partial charge in [0.15, 0.2) is 17.3 Å². The Morgan fingerprint density at radius 1 is 1.26 bits per heavy atom. The fourth-order valence-electron chi connectivity index (χ4n) is 2.64. The highest BCUT2D eigenvalue weighted by Gasteiger charge is 2.10. The highest BCUT2D eigenvalue weighted by Crippen LogP contribution is 2.29. The number of methoxy groups -OCH3 is 1.